The molecule has 2 rings (SSSR count). The van der Waals surface area contributed by atoms with Crippen LogP contribution in [0.1, 0.15) is 24.8 Å². The van der Waals surface area contributed by atoms with Crippen LogP contribution in [0.15, 0.2) is 35.2 Å². The molecule has 0 radical (unpaired) electrons. The minimum Gasteiger partial charge on any atom is -0.208 e. The van der Waals surface area contributed by atoms with E-state index in [0.29, 0.717) is 6.42 Å². The van der Waals surface area contributed by atoms with Crippen molar-refractivity contribution < 1.29 is 8.42 Å². The van der Waals surface area contributed by atoms with Gasteiger partial charge in [0, 0.05) is 6.04 Å². The van der Waals surface area contributed by atoms with Crippen molar-refractivity contribution in [1.82, 2.24) is 4.72 Å². The van der Waals surface area contributed by atoms with Crippen LogP contribution in [0.5, 0.6) is 0 Å². The summed E-state index contributed by atoms with van der Waals surface area (Å²) in [5.74, 6) is 0. The maximum atomic E-state index is 12.3. The number of hydrogen-bond donors (Lipinski definition) is 1. The van der Waals surface area contributed by atoms with Gasteiger partial charge in [0.15, 0.2) is 0 Å². The minimum atomic E-state index is -3.69. The first-order valence-electron chi connectivity index (χ1n) is 5.90. The molecular formula is C13H13ClN2O2S. The number of nitrogens with one attached hydrogen (secondary N) is 1. The number of rotatable bonds is 3. The first kappa shape index (κ1) is 14.1. The van der Waals surface area contributed by atoms with Crippen LogP contribution in [0.4, 0.5) is 0 Å². The molecule has 1 aromatic carbocycles. The Morgan fingerprint density at radius 2 is 2.16 bits per heavy atom. The highest BCUT2D eigenvalue weighted by Gasteiger charge is 2.23. The molecule has 0 fully saturated rings. The predicted molar refractivity (Wildman–Crippen MR) is 73.3 cm³/mol. The van der Waals surface area contributed by atoms with Gasteiger partial charge in [0.1, 0.15) is 4.90 Å². The lowest BCUT2D eigenvalue weighted by Gasteiger charge is -2.19. The molecule has 0 bridgehead atoms. The van der Waals surface area contributed by atoms with Crippen LogP contribution in [-0.2, 0) is 10.0 Å². The summed E-state index contributed by atoms with van der Waals surface area (Å²) in [4.78, 5) is -0.0391. The molecule has 0 heterocycles. The highest BCUT2D eigenvalue weighted by atomic mass is 35.5. The normalized spacial score (nSPS) is 19.1. The highest BCUT2D eigenvalue weighted by molar-refractivity contribution is 7.89. The Labute approximate surface area is 117 Å². The third kappa shape index (κ3) is 3.35. The van der Waals surface area contributed by atoms with Crippen molar-refractivity contribution in [1.29, 1.82) is 5.26 Å². The zero-order valence-electron chi connectivity index (χ0n) is 10.1. The van der Waals surface area contributed by atoms with Crippen LogP contribution >= 0.6 is 11.6 Å². The Morgan fingerprint density at radius 1 is 1.37 bits per heavy atom. The zero-order valence-corrected chi connectivity index (χ0v) is 11.7. The Balaban J connectivity index is 2.29. The highest BCUT2D eigenvalue weighted by Crippen LogP contribution is 2.23. The topological polar surface area (TPSA) is 70.0 Å². The van der Waals surface area contributed by atoms with E-state index in [-0.39, 0.29) is 21.5 Å². The summed E-state index contributed by atoms with van der Waals surface area (Å²) in [6.45, 7) is 0. The van der Waals surface area contributed by atoms with E-state index in [2.05, 4.69) is 4.72 Å². The van der Waals surface area contributed by atoms with Gasteiger partial charge in [-0.2, -0.15) is 5.26 Å². The van der Waals surface area contributed by atoms with E-state index in [4.69, 9.17) is 16.9 Å². The van der Waals surface area contributed by atoms with Gasteiger partial charge >= 0.3 is 0 Å². The molecule has 1 aromatic rings. The lowest BCUT2D eigenvalue weighted by molar-refractivity contribution is 0.522. The van der Waals surface area contributed by atoms with Crippen LogP contribution in [0.2, 0.25) is 5.02 Å². The van der Waals surface area contributed by atoms with Gasteiger partial charge in [0.2, 0.25) is 10.0 Å². The van der Waals surface area contributed by atoms with Crippen molar-refractivity contribution >= 4 is 21.6 Å². The summed E-state index contributed by atoms with van der Waals surface area (Å²) >= 11 is 5.91. The molecule has 1 atom stereocenters. The number of nitrogens with zero attached hydrogens (tertiary/aromatic N) is 1. The lowest BCUT2D eigenvalue weighted by Crippen LogP contribution is -2.35. The van der Waals surface area contributed by atoms with E-state index in [0.717, 1.165) is 12.8 Å². The summed E-state index contributed by atoms with van der Waals surface area (Å²) in [6, 6.07) is 6.01. The molecule has 0 spiro atoms. The SMILES string of the molecule is N#Cc1ccc(Cl)c(S(=O)(=O)NC2CC=CCC2)c1. The largest absolute Gasteiger partial charge is 0.242 e. The fraction of sp³-hybridized carbons (Fsp3) is 0.308. The molecule has 100 valence electrons. The van der Waals surface area contributed by atoms with Gasteiger partial charge in [0.05, 0.1) is 16.7 Å². The van der Waals surface area contributed by atoms with Gasteiger partial charge in [-0.05, 0) is 37.5 Å². The van der Waals surface area contributed by atoms with Crippen LogP contribution in [0.25, 0.3) is 0 Å². The van der Waals surface area contributed by atoms with Gasteiger partial charge in [-0.15, -0.1) is 0 Å². The Kier molecular flexibility index (Phi) is 4.25. The van der Waals surface area contributed by atoms with E-state index < -0.39 is 10.0 Å². The first-order chi connectivity index (χ1) is 9.03. The number of hydrogen-bond acceptors (Lipinski definition) is 3. The summed E-state index contributed by atoms with van der Waals surface area (Å²) < 4.78 is 27.2. The average molecular weight is 297 g/mol. The van der Waals surface area contributed by atoms with Crippen LogP contribution in [0.3, 0.4) is 0 Å². The van der Waals surface area contributed by atoms with E-state index in [1.807, 2.05) is 18.2 Å². The predicted octanol–water partition coefficient (Wildman–Crippen LogP) is 2.60. The van der Waals surface area contributed by atoms with Crippen molar-refractivity contribution in [3.8, 4) is 6.07 Å². The van der Waals surface area contributed by atoms with Gasteiger partial charge in [-0.1, -0.05) is 23.8 Å². The maximum absolute atomic E-state index is 12.3. The molecule has 1 aliphatic rings. The second-order valence-corrected chi connectivity index (χ2v) is 6.45. The summed E-state index contributed by atoms with van der Waals surface area (Å²) in [5, 5.41) is 8.95. The number of allylic oxidation sites excluding steroid dienone is 1. The Morgan fingerprint density at radius 3 is 2.79 bits per heavy atom. The first-order valence-corrected chi connectivity index (χ1v) is 7.76. The smallest absolute Gasteiger partial charge is 0.208 e. The van der Waals surface area contributed by atoms with E-state index >= 15 is 0 Å². The second-order valence-electron chi connectivity index (χ2n) is 4.36. The third-order valence-corrected chi connectivity index (χ3v) is 4.94. The molecule has 19 heavy (non-hydrogen) atoms. The number of sulfonamides is 1. The number of halogens is 1. The van der Waals surface area contributed by atoms with Crippen molar-refractivity contribution in [3.05, 3.63) is 40.9 Å². The molecule has 0 saturated carbocycles. The molecule has 1 N–H and O–H groups in total. The van der Waals surface area contributed by atoms with E-state index in [1.165, 1.54) is 18.2 Å². The van der Waals surface area contributed by atoms with E-state index in [9.17, 15) is 8.42 Å². The van der Waals surface area contributed by atoms with Crippen LogP contribution < -0.4 is 4.72 Å². The Hall–Kier alpha value is -1.35. The Bertz CT molecular complexity index is 647. The number of benzene rings is 1. The van der Waals surface area contributed by atoms with E-state index in [1.54, 1.807) is 0 Å². The molecule has 0 aliphatic heterocycles. The lowest BCUT2D eigenvalue weighted by atomic mass is 10.0. The fourth-order valence-corrected chi connectivity index (χ4v) is 3.77. The number of nitriles is 1. The molecule has 0 aromatic heterocycles. The molecule has 6 heteroatoms. The quantitative estimate of drug-likeness (QED) is 0.872. The third-order valence-electron chi connectivity index (χ3n) is 2.94. The van der Waals surface area contributed by atoms with Gasteiger partial charge in [-0.3, -0.25) is 0 Å². The van der Waals surface area contributed by atoms with Gasteiger partial charge in [-0.25, -0.2) is 13.1 Å². The molecule has 4 nitrogen and oxygen atoms in total. The second kappa shape index (κ2) is 5.74. The van der Waals surface area contributed by atoms with Gasteiger partial charge in [0.25, 0.3) is 0 Å². The molecule has 0 amide bonds. The molecule has 0 saturated heterocycles. The summed E-state index contributed by atoms with van der Waals surface area (Å²) in [7, 11) is -3.69. The fourth-order valence-electron chi connectivity index (χ4n) is 1.96. The summed E-state index contributed by atoms with van der Waals surface area (Å²) in [5.41, 5.74) is 0.272. The molecule has 1 aliphatic carbocycles. The van der Waals surface area contributed by atoms with Crippen molar-refractivity contribution in [3.63, 3.8) is 0 Å². The van der Waals surface area contributed by atoms with Crippen LogP contribution in [-0.4, -0.2) is 14.5 Å². The minimum absolute atomic E-state index is 0.0391. The summed E-state index contributed by atoms with van der Waals surface area (Å²) in [6.07, 6.45) is 6.30. The maximum Gasteiger partial charge on any atom is 0.242 e. The molecule has 1 unspecified atom stereocenters. The van der Waals surface area contributed by atoms with Crippen molar-refractivity contribution in [2.45, 2.75) is 30.2 Å². The van der Waals surface area contributed by atoms with Gasteiger partial charge < -0.3 is 0 Å². The standard InChI is InChI=1S/C13H13ClN2O2S/c14-12-7-6-10(9-15)8-13(12)19(17,18)16-11-4-2-1-3-5-11/h1-2,6-8,11,16H,3-5H2. The van der Waals surface area contributed by atoms with Crippen molar-refractivity contribution in [2.75, 3.05) is 0 Å². The van der Waals surface area contributed by atoms with Crippen LogP contribution in [0, 0.1) is 11.3 Å². The van der Waals surface area contributed by atoms with Crippen molar-refractivity contribution in [2.24, 2.45) is 0 Å². The zero-order chi connectivity index (χ0) is 13.9. The monoisotopic (exact) mass is 296 g/mol. The average Bonchev–Trinajstić information content (AvgIpc) is 2.39. The molecular weight excluding hydrogens is 284 g/mol.